The molecule has 0 aliphatic carbocycles. The van der Waals surface area contributed by atoms with Crippen LogP contribution in [-0.2, 0) is 22.5 Å². The van der Waals surface area contributed by atoms with Crippen molar-refractivity contribution in [3.63, 3.8) is 0 Å². The lowest BCUT2D eigenvalue weighted by Crippen LogP contribution is -2.17. The van der Waals surface area contributed by atoms with E-state index in [2.05, 4.69) is 36.5 Å². The van der Waals surface area contributed by atoms with Gasteiger partial charge in [0.25, 0.3) is 0 Å². The smallest absolute Gasteiger partial charge is 0.0785 e. The Bertz CT molecular complexity index is 337. The first-order valence-electron chi connectivity index (χ1n) is 7.74. The molecule has 1 aromatic carbocycles. The minimum Gasteiger partial charge on any atom is -0.379 e. The predicted octanol–water partition coefficient (Wildman–Crippen LogP) is 3.17. The first-order chi connectivity index (χ1) is 9.76. The lowest BCUT2D eigenvalue weighted by molar-refractivity contribution is -0.0116. The van der Waals surface area contributed by atoms with Crippen molar-refractivity contribution in [1.82, 2.24) is 5.32 Å². The molecule has 3 nitrogen and oxygen atoms in total. The molecule has 0 aromatic heterocycles. The van der Waals surface area contributed by atoms with E-state index in [1.165, 1.54) is 17.5 Å². The van der Waals surface area contributed by atoms with Crippen LogP contribution in [0.5, 0.6) is 0 Å². The molecule has 1 aromatic rings. The third kappa shape index (κ3) is 7.63. The number of nitrogens with one attached hydrogen (secondary N) is 1. The number of hydrogen-bond acceptors (Lipinski definition) is 3. The molecule has 0 saturated heterocycles. The van der Waals surface area contributed by atoms with Gasteiger partial charge in [0, 0.05) is 6.61 Å². The third-order valence-corrected chi connectivity index (χ3v) is 3.13. The number of benzene rings is 1. The molecule has 0 amide bonds. The van der Waals surface area contributed by atoms with Gasteiger partial charge in [0.15, 0.2) is 0 Å². The monoisotopic (exact) mass is 279 g/mol. The van der Waals surface area contributed by atoms with Crippen molar-refractivity contribution < 1.29 is 9.47 Å². The second-order valence-corrected chi connectivity index (χ2v) is 5.10. The van der Waals surface area contributed by atoms with Gasteiger partial charge in [0.2, 0.25) is 0 Å². The first kappa shape index (κ1) is 17.2. The maximum Gasteiger partial charge on any atom is 0.0785 e. The molecule has 0 bridgehead atoms. The minimum absolute atomic E-state index is 0.146. The van der Waals surface area contributed by atoms with Gasteiger partial charge in [-0.1, -0.05) is 31.2 Å². The van der Waals surface area contributed by atoms with Crippen molar-refractivity contribution in [3.8, 4) is 0 Å². The van der Waals surface area contributed by atoms with Gasteiger partial charge in [-0.2, -0.15) is 0 Å². The van der Waals surface area contributed by atoms with Crippen molar-refractivity contribution in [1.29, 1.82) is 0 Å². The molecule has 20 heavy (non-hydrogen) atoms. The van der Waals surface area contributed by atoms with Gasteiger partial charge in [-0.05, 0) is 50.9 Å². The Labute approximate surface area is 123 Å². The van der Waals surface area contributed by atoms with Crippen LogP contribution in [0.25, 0.3) is 0 Å². The molecule has 0 heterocycles. The Balaban J connectivity index is 2.24. The van der Waals surface area contributed by atoms with Crippen molar-refractivity contribution in [2.45, 2.75) is 46.3 Å². The van der Waals surface area contributed by atoms with Gasteiger partial charge in [0.05, 0.1) is 19.3 Å². The van der Waals surface area contributed by atoms with Gasteiger partial charge in [-0.15, -0.1) is 0 Å². The van der Waals surface area contributed by atoms with Gasteiger partial charge < -0.3 is 14.8 Å². The Morgan fingerprint density at radius 3 is 2.40 bits per heavy atom. The second kappa shape index (κ2) is 10.8. The molecule has 0 aliphatic heterocycles. The highest BCUT2D eigenvalue weighted by Gasteiger charge is 2.02. The van der Waals surface area contributed by atoms with E-state index in [4.69, 9.17) is 9.47 Å². The fourth-order valence-electron chi connectivity index (χ4n) is 1.91. The fraction of sp³-hybridized carbons (Fsp3) is 0.647. The highest BCUT2D eigenvalue weighted by molar-refractivity contribution is 5.22. The third-order valence-electron chi connectivity index (χ3n) is 3.13. The molecule has 0 spiro atoms. The van der Waals surface area contributed by atoms with Crippen molar-refractivity contribution >= 4 is 0 Å². The summed E-state index contributed by atoms with van der Waals surface area (Å²) >= 11 is 0. The van der Waals surface area contributed by atoms with Crippen molar-refractivity contribution in [2.24, 2.45) is 0 Å². The summed E-state index contributed by atoms with van der Waals surface area (Å²) in [5.74, 6) is 0. The second-order valence-electron chi connectivity index (χ2n) is 5.10. The zero-order valence-corrected chi connectivity index (χ0v) is 13.2. The first-order valence-corrected chi connectivity index (χ1v) is 7.74. The summed E-state index contributed by atoms with van der Waals surface area (Å²) in [6.45, 7) is 10.5. The summed E-state index contributed by atoms with van der Waals surface area (Å²) < 4.78 is 11.1. The molecule has 0 saturated carbocycles. The van der Waals surface area contributed by atoms with Crippen LogP contribution < -0.4 is 5.32 Å². The highest BCUT2D eigenvalue weighted by Crippen LogP contribution is 2.08. The lowest BCUT2D eigenvalue weighted by Gasteiger charge is -2.13. The summed E-state index contributed by atoms with van der Waals surface area (Å²) in [6.07, 6.45) is 2.42. The van der Waals surface area contributed by atoms with Crippen LogP contribution in [0.1, 0.15) is 38.3 Å². The molecule has 114 valence electrons. The summed E-state index contributed by atoms with van der Waals surface area (Å²) in [7, 11) is 0. The van der Waals surface area contributed by atoms with Gasteiger partial charge >= 0.3 is 0 Å². The van der Waals surface area contributed by atoms with Crippen molar-refractivity contribution in [2.75, 3.05) is 26.3 Å². The van der Waals surface area contributed by atoms with Crippen LogP contribution >= 0.6 is 0 Å². The molecule has 1 atom stereocenters. The van der Waals surface area contributed by atoms with Crippen LogP contribution in [0.2, 0.25) is 0 Å². The zero-order valence-electron chi connectivity index (χ0n) is 13.2. The molecule has 0 fully saturated rings. The number of hydrogen-bond donors (Lipinski definition) is 1. The van der Waals surface area contributed by atoms with Crippen LogP contribution in [0.15, 0.2) is 24.3 Å². The Kier molecular flexibility index (Phi) is 9.29. The molecular formula is C17H29NO2. The zero-order chi connectivity index (χ0) is 14.6. The maximum atomic E-state index is 5.75. The summed E-state index contributed by atoms with van der Waals surface area (Å²) in [5.41, 5.74) is 2.60. The predicted molar refractivity (Wildman–Crippen MR) is 84.1 cm³/mol. The normalized spacial score (nSPS) is 12.6. The number of rotatable bonds is 11. The van der Waals surface area contributed by atoms with E-state index in [-0.39, 0.29) is 6.10 Å². The Morgan fingerprint density at radius 2 is 1.75 bits per heavy atom. The summed E-state index contributed by atoms with van der Waals surface area (Å²) in [4.78, 5) is 0. The van der Waals surface area contributed by atoms with E-state index in [9.17, 15) is 0 Å². The largest absolute Gasteiger partial charge is 0.379 e. The van der Waals surface area contributed by atoms with E-state index in [1.54, 1.807) is 0 Å². The number of ether oxygens (including phenoxy) is 2. The van der Waals surface area contributed by atoms with Crippen LogP contribution in [0.3, 0.4) is 0 Å². The van der Waals surface area contributed by atoms with Crippen LogP contribution in [0, 0.1) is 0 Å². The Hall–Kier alpha value is -0.900. The lowest BCUT2D eigenvalue weighted by atomic mass is 10.1. The molecule has 1 rings (SSSR count). The van der Waals surface area contributed by atoms with Crippen LogP contribution in [-0.4, -0.2) is 32.4 Å². The minimum atomic E-state index is 0.146. The SMILES string of the molecule is CCCNCCc1ccc(COC(C)COCC)cc1. The molecule has 1 N–H and O–H groups in total. The molecule has 0 radical (unpaired) electrons. The summed E-state index contributed by atoms with van der Waals surface area (Å²) in [5, 5.41) is 3.42. The maximum absolute atomic E-state index is 5.75. The average molecular weight is 279 g/mol. The average Bonchev–Trinajstić information content (AvgIpc) is 2.48. The molecule has 0 aliphatic rings. The fourth-order valence-corrected chi connectivity index (χ4v) is 1.91. The summed E-state index contributed by atoms with van der Waals surface area (Å²) in [6, 6.07) is 8.70. The van der Waals surface area contributed by atoms with E-state index >= 15 is 0 Å². The van der Waals surface area contributed by atoms with Gasteiger partial charge in [-0.3, -0.25) is 0 Å². The molecule has 1 unspecified atom stereocenters. The standard InChI is InChI=1S/C17H29NO2/c1-4-11-18-12-10-16-6-8-17(9-7-16)14-20-15(3)13-19-5-2/h6-9,15,18H,4-5,10-14H2,1-3H3. The molecule has 3 heteroatoms. The van der Waals surface area contributed by atoms with E-state index < -0.39 is 0 Å². The highest BCUT2D eigenvalue weighted by atomic mass is 16.5. The topological polar surface area (TPSA) is 30.5 Å². The van der Waals surface area contributed by atoms with Gasteiger partial charge in [0.1, 0.15) is 0 Å². The van der Waals surface area contributed by atoms with Crippen molar-refractivity contribution in [3.05, 3.63) is 35.4 Å². The van der Waals surface area contributed by atoms with E-state index in [0.29, 0.717) is 13.2 Å². The quantitative estimate of drug-likeness (QED) is 0.631. The van der Waals surface area contributed by atoms with E-state index in [0.717, 1.165) is 26.1 Å². The van der Waals surface area contributed by atoms with Gasteiger partial charge in [-0.25, -0.2) is 0 Å². The Morgan fingerprint density at radius 1 is 1.05 bits per heavy atom. The van der Waals surface area contributed by atoms with E-state index in [1.807, 2.05) is 13.8 Å². The van der Waals surface area contributed by atoms with Crippen LogP contribution in [0.4, 0.5) is 0 Å². The molecular weight excluding hydrogens is 250 g/mol.